The molecule has 1 heterocycles. The first-order chi connectivity index (χ1) is 13.5. The van der Waals surface area contributed by atoms with Crippen LogP contribution in [0.4, 0.5) is 17.1 Å². The van der Waals surface area contributed by atoms with Gasteiger partial charge in [0.2, 0.25) is 0 Å². The van der Waals surface area contributed by atoms with Crippen LogP contribution in [0.15, 0.2) is 43.2 Å². The highest BCUT2D eigenvalue weighted by atomic mass is 35.5. The van der Waals surface area contributed by atoms with Crippen molar-refractivity contribution in [3.63, 3.8) is 0 Å². The molecule has 4 N–H and O–H groups in total. The maximum Gasteiger partial charge on any atom is 0.253 e. The average Bonchev–Trinajstić information content (AvgIpc) is 3.07. The van der Waals surface area contributed by atoms with Crippen LogP contribution in [0.2, 0.25) is 5.02 Å². The smallest absolute Gasteiger partial charge is 0.253 e. The van der Waals surface area contributed by atoms with Crippen LogP contribution in [0.1, 0.15) is 30.9 Å². The molecule has 10 heteroatoms. The summed E-state index contributed by atoms with van der Waals surface area (Å²) in [5.74, 6) is 0.842. The zero-order chi connectivity index (χ0) is 21.5. The Balaban J connectivity index is 1.96. The van der Waals surface area contributed by atoms with Crippen LogP contribution >= 0.6 is 11.6 Å². The number of anilines is 3. The van der Waals surface area contributed by atoms with Gasteiger partial charge in [-0.25, -0.2) is 8.99 Å². The Morgan fingerprint density at radius 3 is 2.41 bits per heavy atom. The van der Waals surface area contributed by atoms with E-state index in [9.17, 15) is 18.9 Å². The summed E-state index contributed by atoms with van der Waals surface area (Å²) in [5, 5.41) is 16.1. The number of aryl methyl sites for hydroxylation is 1. The third-order valence-corrected chi connectivity index (χ3v) is 6.09. The van der Waals surface area contributed by atoms with E-state index in [2.05, 4.69) is 10.6 Å². The van der Waals surface area contributed by atoms with E-state index in [-0.39, 0.29) is 33.0 Å². The van der Waals surface area contributed by atoms with Crippen molar-refractivity contribution >= 4 is 38.4 Å². The molecule has 1 unspecified atom stereocenters. The van der Waals surface area contributed by atoms with Crippen LogP contribution in [0.3, 0.4) is 0 Å². The lowest BCUT2D eigenvalue weighted by molar-refractivity contribution is 0.452. The topological polar surface area (TPSA) is 132 Å². The molecule has 3 rings (SSSR count). The number of hydrogen-bond donors (Lipinski definition) is 4. The van der Waals surface area contributed by atoms with Gasteiger partial charge in [-0.1, -0.05) is 18.5 Å². The Morgan fingerprint density at radius 2 is 1.86 bits per heavy atom. The maximum absolute atomic E-state index is 12.1. The zero-order valence-electron chi connectivity index (χ0n) is 16.0. The largest absolute Gasteiger partial charge is 0.504 e. The summed E-state index contributed by atoms with van der Waals surface area (Å²) in [7, 11) is -3.32. The first-order valence-corrected chi connectivity index (χ1v) is 11.1. The fraction of sp³-hybridized carbons (Fsp3) is 0.263. The number of halogens is 1. The predicted molar refractivity (Wildman–Crippen MR) is 113 cm³/mol. The number of phenolic OH excluding ortho intramolecular Hbond substituents is 1. The van der Waals surface area contributed by atoms with Gasteiger partial charge in [-0.3, -0.25) is 9.59 Å². The number of nitrogens with one attached hydrogen (secondary N) is 3. The summed E-state index contributed by atoms with van der Waals surface area (Å²) in [4.78, 5) is 24.0. The van der Waals surface area contributed by atoms with E-state index in [4.69, 9.17) is 20.8 Å². The highest BCUT2D eigenvalue weighted by molar-refractivity contribution is 7.92. The minimum Gasteiger partial charge on any atom is -0.504 e. The van der Waals surface area contributed by atoms with E-state index in [0.717, 1.165) is 12.0 Å². The van der Waals surface area contributed by atoms with Gasteiger partial charge in [-0.2, -0.15) is 0 Å². The second-order valence-electron chi connectivity index (χ2n) is 6.70. The molecule has 2 aromatic carbocycles. The Morgan fingerprint density at radius 1 is 1.21 bits per heavy atom. The number of rotatable bonds is 7. The first kappa shape index (κ1) is 20.9. The van der Waals surface area contributed by atoms with Gasteiger partial charge >= 0.3 is 0 Å². The molecule has 0 radical (unpaired) electrons. The lowest BCUT2D eigenvalue weighted by Gasteiger charge is -2.21. The van der Waals surface area contributed by atoms with Crippen molar-refractivity contribution in [2.75, 3.05) is 16.9 Å². The Hall–Kier alpha value is -2.78. The van der Waals surface area contributed by atoms with Crippen molar-refractivity contribution in [3.8, 4) is 5.75 Å². The molecule has 0 amide bonds. The molecule has 29 heavy (non-hydrogen) atoms. The summed E-state index contributed by atoms with van der Waals surface area (Å²) < 4.78 is 25.4. The number of hydrogen-bond acceptors (Lipinski definition) is 8. The zero-order valence-corrected chi connectivity index (χ0v) is 17.5. The Labute approximate surface area is 172 Å². The van der Waals surface area contributed by atoms with E-state index in [1.165, 1.54) is 12.1 Å². The molecule has 0 saturated carbocycles. The quantitative estimate of drug-likeness (QED) is 0.325. The highest BCUT2D eigenvalue weighted by Gasteiger charge is 2.26. The molecule has 154 valence electrons. The van der Waals surface area contributed by atoms with Gasteiger partial charge in [-0.05, 0) is 37.6 Å². The van der Waals surface area contributed by atoms with Gasteiger partial charge in [0.25, 0.3) is 10.9 Å². The van der Waals surface area contributed by atoms with Crippen LogP contribution in [0.25, 0.3) is 0 Å². The predicted octanol–water partition coefficient (Wildman–Crippen LogP) is 3.89. The van der Waals surface area contributed by atoms with Gasteiger partial charge in [-0.15, -0.1) is 0 Å². The summed E-state index contributed by atoms with van der Waals surface area (Å²) in [5.41, 5.74) is -1.40. The Bertz CT molecular complexity index is 1260. The van der Waals surface area contributed by atoms with E-state index in [1.54, 1.807) is 19.1 Å². The monoisotopic (exact) mass is 437 g/mol. The molecule has 2 atom stereocenters. The molecule has 8 nitrogen and oxygen atoms in total. The summed E-state index contributed by atoms with van der Waals surface area (Å²) in [6.45, 7) is 3.71. The normalized spacial score (nSPS) is 14.5. The average molecular weight is 438 g/mol. The minimum absolute atomic E-state index is 0.0169. The molecule has 0 aliphatic carbocycles. The fourth-order valence-corrected chi connectivity index (χ4v) is 4.50. The summed E-state index contributed by atoms with van der Waals surface area (Å²) in [6.07, 6.45) is 1.72. The molecule has 0 aliphatic heterocycles. The molecule has 0 spiro atoms. The van der Waals surface area contributed by atoms with Crippen LogP contribution < -0.4 is 21.5 Å². The van der Waals surface area contributed by atoms with Crippen molar-refractivity contribution in [2.24, 2.45) is 0 Å². The van der Waals surface area contributed by atoms with Crippen LogP contribution in [-0.2, 0) is 9.73 Å². The van der Waals surface area contributed by atoms with Crippen molar-refractivity contribution in [1.82, 2.24) is 0 Å². The lowest BCUT2D eigenvalue weighted by atomic mass is 10.1. The van der Waals surface area contributed by atoms with Crippen molar-refractivity contribution < 1.29 is 13.7 Å². The molecule has 3 aromatic rings. The molecule has 0 aliphatic rings. The summed E-state index contributed by atoms with van der Waals surface area (Å²) >= 11 is 5.97. The van der Waals surface area contributed by atoms with E-state index in [1.807, 2.05) is 6.92 Å². The van der Waals surface area contributed by atoms with Crippen LogP contribution in [0, 0.1) is 11.7 Å². The van der Waals surface area contributed by atoms with Crippen molar-refractivity contribution in [2.45, 2.75) is 31.2 Å². The van der Waals surface area contributed by atoms with Crippen molar-refractivity contribution in [3.05, 3.63) is 61.3 Å². The van der Waals surface area contributed by atoms with E-state index in [0.29, 0.717) is 12.2 Å². The first-order valence-electron chi connectivity index (χ1n) is 8.73. The number of furan rings is 1. The minimum atomic E-state index is -3.32. The number of aromatic hydroxyl groups is 1. The SMILES string of the molecule is CC[C@@H](Nc1c(Nc2ccc(Cl)c(S(C)(=N)=O)c2O)c(=O)c1=O)c1ccc(C)o1. The molecule has 0 fully saturated rings. The highest BCUT2D eigenvalue weighted by Crippen LogP contribution is 2.39. The Kier molecular flexibility index (Phi) is 5.46. The summed E-state index contributed by atoms with van der Waals surface area (Å²) in [6, 6.07) is 6.00. The molecule has 0 bridgehead atoms. The standard InChI is InChI=1S/C19H20ClN3O5S/c1-4-11(13-8-5-9(2)28-13)22-14-15(18(26)17(14)25)23-12-7-6-10(20)19(16(12)24)29(3,21)27/h5-8,11,21-24H,4H2,1-3H3/t11-,29?/m1/s1. The molecular formula is C19H20ClN3O5S. The van der Waals surface area contributed by atoms with Crippen LogP contribution in [0.5, 0.6) is 5.75 Å². The maximum atomic E-state index is 12.1. The molecule has 1 aromatic heterocycles. The van der Waals surface area contributed by atoms with Gasteiger partial charge in [0, 0.05) is 6.26 Å². The van der Waals surface area contributed by atoms with E-state index >= 15 is 0 Å². The second-order valence-corrected chi connectivity index (χ2v) is 9.21. The fourth-order valence-electron chi connectivity index (χ4n) is 2.99. The third kappa shape index (κ3) is 3.88. The molecular weight excluding hydrogens is 418 g/mol. The lowest BCUT2D eigenvalue weighted by Crippen LogP contribution is -2.37. The molecule has 0 saturated heterocycles. The third-order valence-electron chi connectivity index (χ3n) is 4.47. The van der Waals surface area contributed by atoms with Gasteiger partial charge in [0.05, 0.1) is 26.5 Å². The number of benzene rings is 1. The van der Waals surface area contributed by atoms with Gasteiger partial charge < -0.3 is 20.2 Å². The number of phenols is 1. The van der Waals surface area contributed by atoms with Gasteiger partial charge in [0.15, 0.2) is 5.75 Å². The van der Waals surface area contributed by atoms with Gasteiger partial charge in [0.1, 0.15) is 27.8 Å². The van der Waals surface area contributed by atoms with Crippen LogP contribution in [-0.4, -0.2) is 15.6 Å². The van der Waals surface area contributed by atoms with Crippen molar-refractivity contribution in [1.29, 1.82) is 4.78 Å². The van der Waals surface area contributed by atoms with E-state index < -0.39 is 26.3 Å². The second kappa shape index (κ2) is 7.57.